The van der Waals surface area contributed by atoms with Crippen LogP contribution in [0.4, 0.5) is 23.0 Å². The first-order valence-corrected chi connectivity index (χ1v) is 5.85. The number of non-ortho nitro benzene ring substituents is 1. The summed E-state index contributed by atoms with van der Waals surface area (Å²) in [7, 11) is 0. The van der Waals surface area contributed by atoms with Crippen LogP contribution in [0, 0.1) is 20.2 Å². The van der Waals surface area contributed by atoms with Crippen molar-refractivity contribution in [1.29, 1.82) is 0 Å². The third-order valence-electron chi connectivity index (χ3n) is 2.72. The minimum absolute atomic E-state index is 0.0106. The normalized spacial score (nSPS) is 10.1. The van der Waals surface area contributed by atoms with Gasteiger partial charge in [0, 0.05) is 24.7 Å². The number of rotatable bonds is 5. The van der Waals surface area contributed by atoms with E-state index in [0.717, 1.165) is 5.56 Å². The first-order valence-electron chi connectivity index (χ1n) is 5.85. The zero-order chi connectivity index (χ0) is 15.4. The highest BCUT2D eigenvalue weighted by Gasteiger charge is 2.12. The fraction of sp³-hybridized carbons (Fsp3) is 0.0833. The molecule has 2 rings (SSSR count). The first-order chi connectivity index (χ1) is 9.97. The molecule has 0 saturated heterocycles. The number of hydrogen-bond acceptors (Lipinski definition) is 7. The Labute approximate surface area is 118 Å². The molecule has 21 heavy (non-hydrogen) atoms. The molecule has 0 amide bonds. The molecule has 0 aliphatic rings. The highest BCUT2D eigenvalue weighted by molar-refractivity contribution is 5.57. The monoisotopic (exact) mass is 289 g/mol. The molecular weight excluding hydrogens is 278 g/mol. The van der Waals surface area contributed by atoms with E-state index < -0.39 is 9.85 Å². The zero-order valence-electron chi connectivity index (χ0n) is 10.7. The molecule has 0 fully saturated rings. The maximum absolute atomic E-state index is 10.6. The summed E-state index contributed by atoms with van der Waals surface area (Å²) in [6, 6.07) is 8.73. The van der Waals surface area contributed by atoms with Gasteiger partial charge in [0.15, 0.2) is 0 Å². The minimum Gasteiger partial charge on any atom is -0.378 e. The van der Waals surface area contributed by atoms with Gasteiger partial charge in [-0.25, -0.2) is 4.98 Å². The summed E-state index contributed by atoms with van der Waals surface area (Å²) < 4.78 is 0. The van der Waals surface area contributed by atoms with Gasteiger partial charge in [-0.1, -0.05) is 12.1 Å². The number of nitrogens with two attached hydrogens (primary N) is 1. The van der Waals surface area contributed by atoms with E-state index in [1.54, 1.807) is 12.1 Å². The third-order valence-corrected chi connectivity index (χ3v) is 2.72. The van der Waals surface area contributed by atoms with Gasteiger partial charge in [-0.3, -0.25) is 20.2 Å². The van der Waals surface area contributed by atoms with Crippen LogP contribution in [0.5, 0.6) is 0 Å². The van der Waals surface area contributed by atoms with Gasteiger partial charge in [-0.15, -0.1) is 0 Å². The molecule has 0 spiro atoms. The zero-order valence-corrected chi connectivity index (χ0v) is 10.7. The van der Waals surface area contributed by atoms with Crippen molar-refractivity contribution < 1.29 is 9.85 Å². The van der Waals surface area contributed by atoms with E-state index in [1.165, 1.54) is 24.3 Å². The van der Waals surface area contributed by atoms with Crippen LogP contribution < -0.4 is 11.1 Å². The van der Waals surface area contributed by atoms with Crippen molar-refractivity contribution in [2.75, 3.05) is 11.1 Å². The van der Waals surface area contributed by atoms with E-state index in [-0.39, 0.29) is 17.2 Å². The Morgan fingerprint density at radius 3 is 2.24 bits per heavy atom. The standard InChI is InChI=1S/C12H11N5O4/c13-12-10(17(20)21)5-6-11(15-12)14-7-8-1-3-9(4-2-8)16(18)19/h1-6H,7H2,(H3,13,14,15). The van der Waals surface area contributed by atoms with Crippen LogP contribution in [-0.2, 0) is 6.54 Å². The van der Waals surface area contributed by atoms with Crippen LogP contribution in [0.2, 0.25) is 0 Å². The van der Waals surface area contributed by atoms with Crippen molar-refractivity contribution >= 4 is 23.0 Å². The van der Waals surface area contributed by atoms with Crippen molar-refractivity contribution in [1.82, 2.24) is 4.98 Å². The van der Waals surface area contributed by atoms with E-state index in [4.69, 9.17) is 5.73 Å². The van der Waals surface area contributed by atoms with Gasteiger partial charge in [0.1, 0.15) is 5.82 Å². The molecule has 0 aliphatic heterocycles. The number of pyridine rings is 1. The lowest BCUT2D eigenvalue weighted by molar-refractivity contribution is -0.384. The molecule has 0 aliphatic carbocycles. The van der Waals surface area contributed by atoms with E-state index in [1.807, 2.05) is 0 Å². The summed E-state index contributed by atoms with van der Waals surface area (Å²) in [4.78, 5) is 23.9. The number of benzene rings is 1. The van der Waals surface area contributed by atoms with Crippen molar-refractivity contribution in [2.24, 2.45) is 0 Å². The fourth-order valence-corrected chi connectivity index (χ4v) is 1.65. The average molecular weight is 289 g/mol. The highest BCUT2D eigenvalue weighted by Crippen LogP contribution is 2.21. The quantitative estimate of drug-likeness (QED) is 0.634. The van der Waals surface area contributed by atoms with Crippen molar-refractivity contribution in [3.05, 3.63) is 62.2 Å². The number of hydrogen-bond donors (Lipinski definition) is 2. The van der Waals surface area contributed by atoms with Crippen molar-refractivity contribution in [3.63, 3.8) is 0 Å². The molecule has 2 aromatic rings. The molecule has 3 N–H and O–H groups in total. The lowest BCUT2D eigenvalue weighted by Gasteiger charge is -2.06. The fourth-order valence-electron chi connectivity index (χ4n) is 1.65. The van der Waals surface area contributed by atoms with Crippen LogP contribution in [-0.4, -0.2) is 14.8 Å². The Hall–Kier alpha value is -3.23. The number of nitro benzene ring substituents is 1. The number of nitrogen functional groups attached to an aromatic ring is 1. The largest absolute Gasteiger partial charge is 0.378 e. The third kappa shape index (κ3) is 3.41. The summed E-state index contributed by atoms with van der Waals surface area (Å²) in [5, 5.41) is 24.1. The molecule has 108 valence electrons. The van der Waals surface area contributed by atoms with Crippen LogP contribution in [0.1, 0.15) is 5.56 Å². The van der Waals surface area contributed by atoms with Crippen molar-refractivity contribution in [2.45, 2.75) is 6.54 Å². The summed E-state index contributed by atoms with van der Waals surface area (Å²) in [6.07, 6.45) is 0. The molecule has 1 aromatic heterocycles. The number of anilines is 2. The van der Waals surface area contributed by atoms with Gasteiger partial charge < -0.3 is 11.1 Å². The van der Waals surface area contributed by atoms with Crippen LogP contribution >= 0.6 is 0 Å². The highest BCUT2D eigenvalue weighted by atomic mass is 16.6. The van der Waals surface area contributed by atoms with E-state index in [0.29, 0.717) is 12.4 Å². The molecule has 0 saturated carbocycles. The topological polar surface area (TPSA) is 137 Å². The molecule has 0 bridgehead atoms. The van der Waals surface area contributed by atoms with Gasteiger partial charge >= 0.3 is 5.69 Å². The Balaban J connectivity index is 2.04. The maximum Gasteiger partial charge on any atom is 0.311 e. The van der Waals surface area contributed by atoms with Crippen LogP contribution in [0.3, 0.4) is 0 Å². The van der Waals surface area contributed by atoms with Gasteiger partial charge in [0.05, 0.1) is 9.85 Å². The molecule has 0 radical (unpaired) electrons. The van der Waals surface area contributed by atoms with Gasteiger partial charge in [-0.2, -0.15) is 0 Å². The molecule has 0 atom stereocenters. The Kier molecular flexibility index (Phi) is 3.93. The predicted molar refractivity (Wildman–Crippen MR) is 75.7 cm³/mol. The molecule has 9 heteroatoms. The van der Waals surface area contributed by atoms with Crippen molar-refractivity contribution in [3.8, 4) is 0 Å². The molecule has 1 aromatic carbocycles. The Morgan fingerprint density at radius 2 is 1.71 bits per heavy atom. The predicted octanol–water partition coefficient (Wildman–Crippen LogP) is 2.09. The molecule has 1 heterocycles. The number of nitrogens with zero attached hydrogens (tertiary/aromatic N) is 3. The smallest absolute Gasteiger partial charge is 0.311 e. The first kappa shape index (κ1) is 14.2. The number of aromatic nitrogens is 1. The molecule has 9 nitrogen and oxygen atoms in total. The number of nitro groups is 2. The summed E-state index contributed by atoms with van der Waals surface area (Å²) in [6.45, 7) is 0.363. The minimum atomic E-state index is -0.609. The lowest BCUT2D eigenvalue weighted by atomic mass is 10.2. The van der Waals surface area contributed by atoms with Crippen LogP contribution in [0.25, 0.3) is 0 Å². The molecular formula is C12H11N5O4. The van der Waals surface area contributed by atoms with E-state index >= 15 is 0 Å². The van der Waals surface area contributed by atoms with Gasteiger partial charge in [0.25, 0.3) is 5.69 Å². The van der Waals surface area contributed by atoms with Crippen LogP contribution in [0.15, 0.2) is 36.4 Å². The van der Waals surface area contributed by atoms with Gasteiger partial charge in [-0.05, 0) is 11.6 Å². The van der Waals surface area contributed by atoms with Gasteiger partial charge in [0.2, 0.25) is 5.82 Å². The Bertz CT molecular complexity index is 687. The van der Waals surface area contributed by atoms with E-state index in [2.05, 4.69) is 10.3 Å². The summed E-state index contributed by atoms with van der Waals surface area (Å²) >= 11 is 0. The average Bonchev–Trinajstić information content (AvgIpc) is 2.45. The summed E-state index contributed by atoms with van der Waals surface area (Å²) in [5.41, 5.74) is 6.04. The summed E-state index contributed by atoms with van der Waals surface area (Å²) in [5.74, 6) is 0.213. The second kappa shape index (κ2) is 5.82. The second-order valence-electron chi connectivity index (χ2n) is 4.14. The SMILES string of the molecule is Nc1nc(NCc2ccc([N+](=O)[O-])cc2)ccc1[N+](=O)[O-]. The number of nitrogens with one attached hydrogen (secondary N) is 1. The van der Waals surface area contributed by atoms with E-state index in [9.17, 15) is 20.2 Å². The lowest BCUT2D eigenvalue weighted by Crippen LogP contribution is -2.04. The Morgan fingerprint density at radius 1 is 1.05 bits per heavy atom. The maximum atomic E-state index is 10.6. The second-order valence-corrected chi connectivity index (χ2v) is 4.14. The molecule has 0 unspecified atom stereocenters.